The largest absolute Gasteiger partial charge is 0.325 e. The second-order valence-electron chi connectivity index (χ2n) is 8.24. The molecule has 172 valence electrons. The second-order valence-corrected chi connectivity index (χ2v) is 8.24. The Morgan fingerprint density at radius 1 is 1.06 bits per heavy atom. The molecule has 2 aromatic carbocycles. The molecular weight excluding hydrogens is 422 g/mol. The number of carbonyl (C=O) groups excluding carboxylic acids is 1. The van der Waals surface area contributed by atoms with Crippen LogP contribution in [0.1, 0.15) is 11.1 Å². The van der Waals surface area contributed by atoms with Crippen molar-refractivity contribution in [3.05, 3.63) is 70.0 Å². The molecule has 1 aliphatic heterocycles. The maximum absolute atomic E-state index is 12.5. The normalized spacial score (nSPS) is 14.8. The third-order valence-electron chi connectivity index (χ3n) is 5.93. The van der Waals surface area contributed by atoms with E-state index in [-0.39, 0.29) is 11.6 Å². The van der Waals surface area contributed by atoms with Crippen LogP contribution in [0.25, 0.3) is 11.4 Å². The van der Waals surface area contributed by atoms with E-state index in [1.807, 2.05) is 32.0 Å². The molecule has 2 heterocycles. The average molecular weight is 450 g/mol. The summed E-state index contributed by atoms with van der Waals surface area (Å²) in [5.41, 5.74) is 3.90. The van der Waals surface area contributed by atoms with Crippen molar-refractivity contribution < 1.29 is 9.72 Å². The fourth-order valence-electron chi connectivity index (χ4n) is 3.80. The van der Waals surface area contributed by atoms with E-state index in [1.54, 1.807) is 23.1 Å². The van der Waals surface area contributed by atoms with Gasteiger partial charge in [-0.25, -0.2) is 9.67 Å². The molecule has 0 bridgehead atoms. The number of hydrogen-bond acceptors (Lipinski definition) is 7. The van der Waals surface area contributed by atoms with Crippen LogP contribution in [-0.2, 0) is 11.5 Å². The Morgan fingerprint density at radius 3 is 2.45 bits per heavy atom. The fourth-order valence-corrected chi connectivity index (χ4v) is 3.80. The van der Waals surface area contributed by atoms with Crippen molar-refractivity contribution in [3.63, 3.8) is 0 Å². The number of piperazine rings is 1. The highest BCUT2D eigenvalue weighted by Gasteiger charge is 2.20. The standard InChI is InChI=1S/C23H27N7O3/c1-17-4-3-5-21(18(17)2)25-22(31)14-27-10-12-28(13-11-27)16-29-15-24-23(26-29)19-6-8-20(9-7-19)30(32)33/h3-9,15H,10-14,16H2,1-2H3,(H,25,31). The molecule has 0 radical (unpaired) electrons. The summed E-state index contributed by atoms with van der Waals surface area (Å²) < 4.78 is 1.76. The summed E-state index contributed by atoms with van der Waals surface area (Å²) in [6.45, 7) is 8.26. The summed E-state index contributed by atoms with van der Waals surface area (Å²) >= 11 is 0. The van der Waals surface area contributed by atoms with Gasteiger partial charge in [-0.2, -0.15) is 0 Å². The number of nitrogens with zero attached hydrogens (tertiary/aromatic N) is 6. The highest BCUT2D eigenvalue weighted by Crippen LogP contribution is 2.20. The van der Waals surface area contributed by atoms with E-state index in [4.69, 9.17) is 0 Å². The number of benzene rings is 2. The first-order valence-corrected chi connectivity index (χ1v) is 10.8. The molecule has 10 heteroatoms. The van der Waals surface area contributed by atoms with Gasteiger partial charge in [-0.15, -0.1) is 5.10 Å². The first kappa shape index (κ1) is 22.6. The molecule has 0 aliphatic carbocycles. The summed E-state index contributed by atoms with van der Waals surface area (Å²) in [4.78, 5) is 31.6. The number of carbonyl (C=O) groups is 1. The number of nitro benzene ring substituents is 1. The third-order valence-corrected chi connectivity index (χ3v) is 5.93. The lowest BCUT2D eigenvalue weighted by molar-refractivity contribution is -0.384. The maximum Gasteiger partial charge on any atom is 0.269 e. The average Bonchev–Trinajstić information content (AvgIpc) is 3.27. The molecule has 3 aromatic rings. The van der Waals surface area contributed by atoms with Crippen molar-refractivity contribution in [3.8, 4) is 11.4 Å². The maximum atomic E-state index is 12.5. The number of nitrogens with one attached hydrogen (secondary N) is 1. The van der Waals surface area contributed by atoms with Crippen molar-refractivity contribution >= 4 is 17.3 Å². The number of amides is 1. The van der Waals surface area contributed by atoms with Crippen molar-refractivity contribution in [2.45, 2.75) is 20.5 Å². The van der Waals surface area contributed by atoms with Crippen molar-refractivity contribution in [1.82, 2.24) is 24.6 Å². The predicted octanol–water partition coefficient (Wildman–Crippen LogP) is 2.68. The molecule has 0 atom stereocenters. The number of non-ortho nitro benzene ring substituents is 1. The molecule has 0 saturated carbocycles. The number of anilines is 1. The lowest BCUT2D eigenvalue weighted by Crippen LogP contribution is -2.48. The molecule has 0 spiro atoms. The summed E-state index contributed by atoms with van der Waals surface area (Å²) in [5, 5.41) is 18.3. The van der Waals surface area contributed by atoms with Crippen LogP contribution in [0.4, 0.5) is 11.4 Å². The molecule has 1 aromatic heterocycles. The van der Waals surface area contributed by atoms with Gasteiger partial charge >= 0.3 is 0 Å². The van der Waals surface area contributed by atoms with E-state index >= 15 is 0 Å². The number of aromatic nitrogens is 3. The zero-order valence-electron chi connectivity index (χ0n) is 18.8. The minimum Gasteiger partial charge on any atom is -0.325 e. The molecule has 1 N–H and O–H groups in total. The quantitative estimate of drug-likeness (QED) is 0.436. The third kappa shape index (κ3) is 5.60. The highest BCUT2D eigenvalue weighted by molar-refractivity contribution is 5.93. The van der Waals surface area contributed by atoms with Gasteiger partial charge in [-0.3, -0.25) is 24.7 Å². The molecule has 1 aliphatic rings. The van der Waals surface area contributed by atoms with Crippen LogP contribution in [0.2, 0.25) is 0 Å². The smallest absolute Gasteiger partial charge is 0.269 e. The summed E-state index contributed by atoms with van der Waals surface area (Å²) in [6.07, 6.45) is 1.67. The number of rotatable bonds is 7. The molecule has 4 rings (SSSR count). The van der Waals surface area contributed by atoms with Crippen LogP contribution in [-0.4, -0.2) is 68.1 Å². The van der Waals surface area contributed by atoms with Gasteiger partial charge in [0.05, 0.1) is 18.1 Å². The Morgan fingerprint density at radius 2 is 1.76 bits per heavy atom. The van der Waals surface area contributed by atoms with Crippen LogP contribution in [0.15, 0.2) is 48.8 Å². The zero-order chi connectivity index (χ0) is 23.4. The minimum absolute atomic E-state index is 0.00108. The first-order valence-electron chi connectivity index (χ1n) is 10.8. The van der Waals surface area contributed by atoms with E-state index in [0.717, 1.165) is 48.6 Å². The minimum atomic E-state index is -0.428. The molecule has 1 fully saturated rings. The summed E-state index contributed by atoms with van der Waals surface area (Å²) in [5.74, 6) is 0.535. The molecule has 1 amide bonds. The molecular formula is C23H27N7O3. The Bertz CT molecular complexity index is 1140. The molecule has 33 heavy (non-hydrogen) atoms. The number of nitro groups is 1. The monoisotopic (exact) mass is 449 g/mol. The van der Waals surface area contributed by atoms with Crippen LogP contribution in [0, 0.1) is 24.0 Å². The lowest BCUT2D eigenvalue weighted by atomic mass is 10.1. The van der Waals surface area contributed by atoms with Gasteiger partial charge in [0, 0.05) is 49.6 Å². The van der Waals surface area contributed by atoms with Crippen molar-refractivity contribution in [1.29, 1.82) is 0 Å². The molecule has 10 nitrogen and oxygen atoms in total. The first-order chi connectivity index (χ1) is 15.9. The van der Waals surface area contributed by atoms with Crippen LogP contribution in [0.5, 0.6) is 0 Å². The van der Waals surface area contributed by atoms with Gasteiger partial charge in [-0.1, -0.05) is 12.1 Å². The van der Waals surface area contributed by atoms with Gasteiger partial charge in [0.2, 0.25) is 5.91 Å². The summed E-state index contributed by atoms with van der Waals surface area (Å²) in [7, 11) is 0. The van der Waals surface area contributed by atoms with Gasteiger partial charge in [0.15, 0.2) is 5.82 Å². The van der Waals surface area contributed by atoms with E-state index in [2.05, 4.69) is 25.2 Å². The lowest BCUT2D eigenvalue weighted by Gasteiger charge is -2.34. The van der Waals surface area contributed by atoms with Crippen LogP contribution < -0.4 is 5.32 Å². The summed E-state index contributed by atoms with van der Waals surface area (Å²) in [6, 6.07) is 12.1. The van der Waals surface area contributed by atoms with E-state index in [9.17, 15) is 14.9 Å². The van der Waals surface area contributed by atoms with E-state index < -0.39 is 4.92 Å². The number of hydrogen-bond donors (Lipinski definition) is 1. The van der Waals surface area contributed by atoms with Crippen LogP contribution >= 0.6 is 0 Å². The van der Waals surface area contributed by atoms with Crippen molar-refractivity contribution in [2.75, 3.05) is 38.0 Å². The SMILES string of the molecule is Cc1cccc(NC(=O)CN2CCN(Cn3cnc(-c4ccc([N+](=O)[O-])cc4)n3)CC2)c1C. The Balaban J connectivity index is 1.25. The Hall–Kier alpha value is -3.63. The number of aryl methyl sites for hydroxylation is 1. The van der Waals surface area contributed by atoms with Gasteiger partial charge in [-0.05, 0) is 43.2 Å². The van der Waals surface area contributed by atoms with Gasteiger partial charge in [0.1, 0.15) is 6.33 Å². The Labute approximate surface area is 192 Å². The van der Waals surface area contributed by atoms with Gasteiger partial charge < -0.3 is 5.32 Å². The topological polar surface area (TPSA) is 109 Å². The molecule has 1 saturated heterocycles. The van der Waals surface area contributed by atoms with Gasteiger partial charge in [0.25, 0.3) is 5.69 Å². The molecule has 0 unspecified atom stereocenters. The van der Waals surface area contributed by atoms with Crippen LogP contribution in [0.3, 0.4) is 0 Å². The van der Waals surface area contributed by atoms with E-state index in [0.29, 0.717) is 19.0 Å². The highest BCUT2D eigenvalue weighted by atomic mass is 16.6. The zero-order valence-corrected chi connectivity index (χ0v) is 18.8. The Kier molecular flexibility index (Phi) is 6.76. The second kappa shape index (κ2) is 9.88. The fraction of sp³-hybridized carbons (Fsp3) is 0.348. The van der Waals surface area contributed by atoms with Crippen molar-refractivity contribution in [2.24, 2.45) is 0 Å². The predicted molar refractivity (Wildman–Crippen MR) is 125 cm³/mol. The van der Waals surface area contributed by atoms with E-state index in [1.165, 1.54) is 12.1 Å².